The lowest BCUT2D eigenvalue weighted by Gasteiger charge is -2.46. The fourth-order valence-electron chi connectivity index (χ4n) is 8.22. The lowest BCUT2D eigenvalue weighted by molar-refractivity contribution is -0.142. The molecule has 3 aliphatic heterocycles. The number of aryl methyl sites for hydroxylation is 2. The number of piperazine rings is 1. The van der Waals surface area contributed by atoms with E-state index in [2.05, 4.69) is 32.3 Å². The Kier molecular flexibility index (Phi) is 8.97. The van der Waals surface area contributed by atoms with Gasteiger partial charge in [-0.15, -0.1) is 0 Å². The van der Waals surface area contributed by atoms with Crippen LogP contribution in [0.4, 0.5) is 11.5 Å². The lowest BCUT2D eigenvalue weighted by Crippen LogP contribution is -2.59. The SMILES string of the molecule is CC(=O)OCc1c(-c2cc(Cc3ccc(N4CCN(C5COC5)C[C@@H]4C)cn3)c(=O)n(C)c2)ccnc1N1CCn2c(cc3c2CCCC3)C1=O. The third-order valence-electron chi connectivity index (χ3n) is 11.0. The molecule has 4 aromatic heterocycles. The van der Waals surface area contributed by atoms with Crippen molar-refractivity contribution in [1.82, 2.24) is 24.0 Å². The Bertz CT molecular complexity index is 2030. The molecule has 0 N–H and O–H groups in total. The third kappa shape index (κ3) is 6.35. The summed E-state index contributed by atoms with van der Waals surface area (Å²) in [6.07, 6.45) is 10.0. The maximum Gasteiger partial charge on any atom is 0.302 e. The van der Waals surface area contributed by atoms with Crippen LogP contribution in [0.5, 0.6) is 0 Å². The molecule has 1 amide bonds. The van der Waals surface area contributed by atoms with Crippen molar-refractivity contribution in [2.75, 3.05) is 49.2 Å². The Morgan fingerprint density at radius 3 is 2.61 bits per heavy atom. The molecule has 51 heavy (non-hydrogen) atoms. The summed E-state index contributed by atoms with van der Waals surface area (Å²) >= 11 is 0. The van der Waals surface area contributed by atoms with Crippen LogP contribution >= 0.6 is 0 Å². The molecule has 4 aliphatic rings. The van der Waals surface area contributed by atoms with Crippen molar-refractivity contribution >= 4 is 23.4 Å². The molecule has 4 aromatic rings. The van der Waals surface area contributed by atoms with E-state index in [4.69, 9.17) is 14.5 Å². The summed E-state index contributed by atoms with van der Waals surface area (Å²) in [7, 11) is 1.74. The molecule has 0 radical (unpaired) electrons. The van der Waals surface area contributed by atoms with E-state index in [-0.39, 0.29) is 18.1 Å². The molecule has 2 fully saturated rings. The quantitative estimate of drug-likeness (QED) is 0.255. The molecule has 7 heterocycles. The van der Waals surface area contributed by atoms with Gasteiger partial charge in [0.15, 0.2) is 0 Å². The second-order valence-corrected chi connectivity index (χ2v) is 14.3. The molecule has 12 heteroatoms. The van der Waals surface area contributed by atoms with Gasteiger partial charge in [-0.2, -0.15) is 0 Å². The van der Waals surface area contributed by atoms with Crippen LogP contribution in [0.2, 0.25) is 0 Å². The maximum absolute atomic E-state index is 14.0. The number of nitrogens with zero attached hydrogens (tertiary/aromatic N) is 7. The lowest BCUT2D eigenvalue weighted by atomic mass is 9.98. The number of esters is 1. The van der Waals surface area contributed by atoms with E-state index >= 15 is 0 Å². The van der Waals surface area contributed by atoms with Crippen LogP contribution in [-0.4, -0.2) is 87.4 Å². The van der Waals surface area contributed by atoms with E-state index in [1.807, 2.05) is 30.5 Å². The van der Waals surface area contributed by atoms with Gasteiger partial charge in [0.1, 0.15) is 18.1 Å². The molecule has 0 bridgehead atoms. The number of fused-ring (bicyclic) bond motifs is 3. The minimum atomic E-state index is -0.429. The van der Waals surface area contributed by atoms with Gasteiger partial charge in [0.25, 0.3) is 11.5 Å². The fraction of sp³-hybridized carbons (Fsp3) is 0.462. The normalized spacial score (nSPS) is 19.4. The molecule has 12 nitrogen and oxygen atoms in total. The highest BCUT2D eigenvalue weighted by Crippen LogP contribution is 2.35. The molecule has 0 unspecified atom stereocenters. The predicted molar refractivity (Wildman–Crippen MR) is 193 cm³/mol. The van der Waals surface area contributed by atoms with E-state index in [1.165, 1.54) is 18.2 Å². The Morgan fingerprint density at radius 1 is 1.02 bits per heavy atom. The van der Waals surface area contributed by atoms with E-state index in [0.29, 0.717) is 54.2 Å². The zero-order chi connectivity index (χ0) is 35.2. The highest BCUT2D eigenvalue weighted by atomic mass is 16.5. The predicted octanol–water partition coefficient (Wildman–Crippen LogP) is 3.75. The van der Waals surface area contributed by atoms with Crippen LogP contribution < -0.4 is 15.4 Å². The average molecular weight is 692 g/mol. The van der Waals surface area contributed by atoms with Gasteiger partial charge in [0.2, 0.25) is 0 Å². The minimum Gasteiger partial charge on any atom is -0.461 e. The Morgan fingerprint density at radius 2 is 1.86 bits per heavy atom. The number of carbonyl (C=O) groups is 2. The second-order valence-electron chi connectivity index (χ2n) is 14.3. The van der Waals surface area contributed by atoms with Gasteiger partial charge in [0, 0.05) is 94.1 Å². The van der Waals surface area contributed by atoms with Crippen molar-refractivity contribution in [3.8, 4) is 11.1 Å². The first-order valence-corrected chi connectivity index (χ1v) is 18.1. The van der Waals surface area contributed by atoms with E-state index in [0.717, 1.165) is 81.0 Å². The standard InChI is InChI=1S/C39H45N7O5/c1-25-20-43(32-22-50-23-32)12-13-44(25)31-9-8-30(41-19-31)17-28-16-29(21-42(3)38(28)48)33-10-11-40-37(34(33)24-51-26(2)47)46-15-14-45-35-7-5-4-6-27(35)18-36(45)39(46)49/h8-11,16,18-19,21,25,32H,4-7,12-15,17,20,22-24H2,1-3H3/t25-/m0/s1. The number of carbonyl (C=O) groups excluding carboxylic acids is 2. The van der Waals surface area contributed by atoms with Crippen LogP contribution in [0.3, 0.4) is 0 Å². The molecular formula is C39H45N7O5. The highest BCUT2D eigenvalue weighted by molar-refractivity contribution is 6.06. The highest BCUT2D eigenvalue weighted by Gasteiger charge is 2.34. The van der Waals surface area contributed by atoms with Gasteiger partial charge < -0.3 is 23.5 Å². The van der Waals surface area contributed by atoms with Crippen LogP contribution in [0.25, 0.3) is 11.1 Å². The van der Waals surface area contributed by atoms with Crippen LogP contribution in [-0.2, 0) is 53.7 Å². The summed E-state index contributed by atoms with van der Waals surface area (Å²) < 4.78 is 14.7. The Hall–Kier alpha value is -4.81. The van der Waals surface area contributed by atoms with E-state index < -0.39 is 5.97 Å². The first-order valence-electron chi connectivity index (χ1n) is 18.1. The number of ether oxygens (including phenoxy) is 2. The summed E-state index contributed by atoms with van der Waals surface area (Å²) in [6, 6.07) is 10.8. The monoisotopic (exact) mass is 691 g/mol. The van der Waals surface area contributed by atoms with Crippen molar-refractivity contribution in [2.24, 2.45) is 7.05 Å². The summed E-state index contributed by atoms with van der Waals surface area (Å²) in [4.78, 5) is 55.7. The van der Waals surface area contributed by atoms with Gasteiger partial charge in [-0.05, 0) is 79.6 Å². The third-order valence-corrected chi connectivity index (χ3v) is 11.0. The topological polar surface area (TPSA) is 115 Å². The number of aromatic nitrogens is 4. The van der Waals surface area contributed by atoms with Crippen molar-refractivity contribution in [3.05, 3.63) is 93.0 Å². The molecule has 8 rings (SSSR count). The zero-order valence-electron chi connectivity index (χ0n) is 29.6. The van der Waals surface area contributed by atoms with Crippen molar-refractivity contribution in [1.29, 1.82) is 0 Å². The summed E-state index contributed by atoms with van der Waals surface area (Å²) in [6.45, 7) is 9.28. The van der Waals surface area contributed by atoms with Gasteiger partial charge in [-0.1, -0.05) is 0 Å². The molecule has 2 saturated heterocycles. The first-order chi connectivity index (χ1) is 24.7. The van der Waals surface area contributed by atoms with E-state index in [9.17, 15) is 14.4 Å². The molecule has 0 aromatic carbocycles. The van der Waals surface area contributed by atoms with E-state index in [1.54, 1.807) is 28.9 Å². The molecule has 266 valence electrons. The maximum atomic E-state index is 14.0. The number of hydrogen-bond donors (Lipinski definition) is 0. The summed E-state index contributed by atoms with van der Waals surface area (Å²) in [5.74, 6) is -0.0700. The molecule has 1 atom stereocenters. The van der Waals surface area contributed by atoms with Crippen molar-refractivity contribution in [3.63, 3.8) is 0 Å². The average Bonchev–Trinajstić information content (AvgIpc) is 3.49. The molecule has 0 saturated carbocycles. The zero-order valence-corrected chi connectivity index (χ0v) is 29.6. The van der Waals surface area contributed by atoms with Crippen molar-refractivity contribution in [2.45, 2.75) is 71.2 Å². The summed E-state index contributed by atoms with van der Waals surface area (Å²) in [5, 5.41) is 0. The summed E-state index contributed by atoms with van der Waals surface area (Å²) in [5.41, 5.74) is 7.72. The number of anilines is 2. The molecule has 1 aliphatic carbocycles. The Labute approximate surface area is 297 Å². The second kappa shape index (κ2) is 13.7. The van der Waals surface area contributed by atoms with Gasteiger partial charge in [-0.25, -0.2) is 4.98 Å². The minimum absolute atomic E-state index is 0.0581. The Balaban J connectivity index is 1.07. The number of rotatable bonds is 8. The fourth-order valence-corrected chi connectivity index (χ4v) is 8.22. The van der Waals surface area contributed by atoms with Crippen LogP contribution in [0.1, 0.15) is 65.3 Å². The van der Waals surface area contributed by atoms with Crippen LogP contribution in [0.15, 0.2) is 53.7 Å². The number of amides is 1. The first kappa shape index (κ1) is 33.3. The largest absolute Gasteiger partial charge is 0.461 e. The van der Waals surface area contributed by atoms with Gasteiger partial charge in [0.05, 0.1) is 31.1 Å². The number of hydrogen-bond acceptors (Lipinski definition) is 9. The van der Waals surface area contributed by atoms with Crippen molar-refractivity contribution < 1.29 is 19.1 Å². The number of pyridine rings is 3. The molecular weight excluding hydrogens is 646 g/mol. The molecule has 0 spiro atoms. The van der Waals surface area contributed by atoms with Gasteiger partial charge >= 0.3 is 5.97 Å². The smallest absolute Gasteiger partial charge is 0.302 e. The van der Waals surface area contributed by atoms with Gasteiger partial charge in [-0.3, -0.25) is 29.2 Å². The van der Waals surface area contributed by atoms with Crippen LogP contribution in [0, 0.1) is 0 Å².